The molecule has 0 aliphatic carbocycles. The molecule has 1 aromatic carbocycles. The zero-order valence-electron chi connectivity index (χ0n) is 10.5. The second kappa shape index (κ2) is 4.94. The second-order valence-electron chi connectivity index (χ2n) is 4.25. The predicted molar refractivity (Wildman–Crippen MR) is 72.0 cm³/mol. The highest BCUT2D eigenvalue weighted by atomic mass is 16.2. The lowest BCUT2D eigenvalue weighted by Crippen LogP contribution is -2.32. The van der Waals surface area contributed by atoms with E-state index in [1.807, 2.05) is 6.07 Å². The van der Waals surface area contributed by atoms with Crippen molar-refractivity contribution in [2.45, 2.75) is 6.04 Å². The molecule has 1 aromatic heterocycles. The average Bonchev–Trinajstić information content (AvgIpc) is 2.54. The largest absolute Gasteiger partial charge is 0.293 e. The van der Waals surface area contributed by atoms with E-state index >= 15 is 0 Å². The van der Waals surface area contributed by atoms with Gasteiger partial charge in [0.25, 0.3) is 5.91 Å². The van der Waals surface area contributed by atoms with E-state index < -0.39 is 6.04 Å². The third kappa shape index (κ3) is 1.93. The molecule has 1 aliphatic heterocycles. The molecule has 0 bridgehead atoms. The van der Waals surface area contributed by atoms with Gasteiger partial charge in [-0.1, -0.05) is 18.2 Å². The van der Waals surface area contributed by atoms with Crippen LogP contribution in [0.25, 0.3) is 6.08 Å². The van der Waals surface area contributed by atoms with Crippen molar-refractivity contribution in [3.63, 3.8) is 0 Å². The summed E-state index contributed by atoms with van der Waals surface area (Å²) in [5.74, 6) is -0.232. The van der Waals surface area contributed by atoms with E-state index in [4.69, 9.17) is 0 Å². The van der Waals surface area contributed by atoms with Crippen LogP contribution in [0.1, 0.15) is 27.8 Å². The minimum atomic E-state index is -0.753. The fourth-order valence-electron chi connectivity index (χ4n) is 2.11. The summed E-state index contributed by atoms with van der Waals surface area (Å²) in [4.78, 5) is 22.1. The van der Waals surface area contributed by atoms with Gasteiger partial charge < -0.3 is 0 Å². The van der Waals surface area contributed by atoms with Crippen molar-refractivity contribution in [2.24, 2.45) is 0 Å². The molecule has 0 radical (unpaired) electrons. The highest BCUT2D eigenvalue weighted by Crippen LogP contribution is 2.28. The van der Waals surface area contributed by atoms with Crippen molar-refractivity contribution in [1.29, 1.82) is 5.26 Å². The molecular weight excluding hydrogens is 252 g/mol. The van der Waals surface area contributed by atoms with Crippen molar-refractivity contribution in [3.8, 4) is 6.07 Å². The smallest absolute Gasteiger partial charge is 0.259 e. The number of aromatic nitrogens is 2. The third-order valence-electron chi connectivity index (χ3n) is 3.06. The normalized spacial score (nSPS) is 16.4. The van der Waals surface area contributed by atoms with E-state index in [9.17, 15) is 10.1 Å². The van der Waals surface area contributed by atoms with Crippen molar-refractivity contribution in [3.05, 3.63) is 65.9 Å². The Morgan fingerprint density at radius 2 is 1.95 bits per heavy atom. The molecule has 3 rings (SSSR count). The van der Waals surface area contributed by atoms with Crippen LogP contribution in [0.15, 0.2) is 48.9 Å². The van der Waals surface area contributed by atoms with Gasteiger partial charge in [-0.05, 0) is 18.2 Å². The van der Waals surface area contributed by atoms with Gasteiger partial charge in [0, 0.05) is 24.2 Å². The molecule has 1 aliphatic rings. The van der Waals surface area contributed by atoms with E-state index in [-0.39, 0.29) is 5.91 Å². The van der Waals surface area contributed by atoms with Crippen LogP contribution in [0, 0.1) is 11.3 Å². The minimum Gasteiger partial charge on any atom is -0.293 e. The Morgan fingerprint density at radius 1 is 1.20 bits per heavy atom. The van der Waals surface area contributed by atoms with Gasteiger partial charge in [-0.3, -0.25) is 19.7 Å². The number of amides is 1. The monoisotopic (exact) mass is 262 g/mol. The fourth-order valence-corrected chi connectivity index (χ4v) is 2.11. The number of benzene rings is 1. The lowest BCUT2D eigenvalue weighted by Gasteiger charge is -2.27. The number of fused-ring (bicyclic) bond motifs is 1. The van der Waals surface area contributed by atoms with Crippen LogP contribution in [0.5, 0.6) is 0 Å². The number of hydrogen-bond acceptors (Lipinski definition) is 4. The van der Waals surface area contributed by atoms with Gasteiger partial charge in [-0.2, -0.15) is 5.26 Å². The Labute approximate surface area is 115 Å². The zero-order valence-corrected chi connectivity index (χ0v) is 10.5. The average molecular weight is 262 g/mol. The van der Waals surface area contributed by atoms with Gasteiger partial charge in [-0.25, -0.2) is 0 Å². The lowest BCUT2D eigenvalue weighted by atomic mass is 10.1. The van der Waals surface area contributed by atoms with Crippen LogP contribution >= 0.6 is 0 Å². The summed E-state index contributed by atoms with van der Waals surface area (Å²) in [7, 11) is 0. The summed E-state index contributed by atoms with van der Waals surface area (Å²) in [6.07, 6.45) is 6.36. The van der Waals surface area contributed by atoms with Gasteiger partial charge in [0.1, 0.15) is 5.69 Å². The van der Waals surface area contributed by atoms with Crippen LogP contribution in [-0.4, -0.2) is 20.8 Å². The highest BCUT2D eigenvalue weighted by Gasteiger charge is 2.30. The number of nitrogens with zero attached hydrogens (tertiary/aromatic N) is 4. The number of carbonyl (C=O) groups is 1. The van der Waals surface area contributed by atoms with Crippen molar-refractivity contribution in [1.82, 2.24) is 14.9 Å². The van der Waals surface area contributed by atoms with E-state index in [1.54, 1.807) is 42.7 Å². The topological polar surface area (TPSA) is 69.9 Å². The molecule has 0 fully saturated rings. The molecule has 0 saturated carbocycles. The first kappa shape index (κ1) is 12.1. The SMILES string of the molecule is N#CC1c2nccnc2C=CN1C(=O)c1ccccc1. The summed E-state index contributed by atoms with van der Waals surface area (Å²) >= 11 is 0. The molecule has 0 saturated heterocycles. The molecule has 1 unspecified atom stereocenters. The van der Waals surface area contributed by atoms with E-state index in [0.717, 1.165) is 0 Å². The first-order valence-electron chi connectivity index (χ1n) is 6.07. The Morgan fingerprint density at radius 3 is 2.70 bits per heavy atom. The van der Waals surface area contributed by atoms with Crippen LogP contribution in [0.3, 0.4) is 0 Å². The van der Waals surface area contributed by atoms with Crippen LogP contribution in [0.4, 0.5) is 0 Å². The molecule has 5 nitrogen and oxygen atoms in total. The van der Waals surface area contributed by atoms with Gasteiger partial charge in [-0.15, -0.1) is 0 Å². The predicted octanol–water partition coefficient (Wildman–Crippen LogP) is 2.17. The second-order valence-corrected chi connectivity index (χ2v) is 4.25. The number of carbonyl (C=O) groups excluding carboxylic acids is 1. The molecule has 0 N–H and O–H groups in total. The summed E-state index contributed by atoms with van der Waals surface area (Å²) in [6, 6.07) is 10.2. The van der Waals surface area contributed by atoms with Crippen molar-refractivity contribution < 1.29 is 4.79 Å². The minimum absolute atomic E-state index is 0.232. The van der Waals surface area contributed by atoms with Gasteiger partial charge in [0.05, 0.1) is 11.8 Å². The summed E-state index contributed by atoms with van der Waals surface area (Å²) in [5.41, 5.74) is 1.66. The first-order chi connectivity index (χ1) is 9.81. The van der Waals surface area contributed by atoms with Gasteiger partial charge >= 0.3 is 0 Å². The maximum atomic E-state index is 12.5. The maximum Gasteiger partial charge on any atom is 0.259 e. The molecule has 1 amide bonds. The molecule has 2 aromatic rings. The molecule has 1 atom stereocenters. The Balaban J connectivity index is 2.01. The van der Waals surface area contributed by atoms with Crippen molar-refractivity contribution in [2.75, 3.05) is 0 Å². The summed E-state index contributed by atoms with van der Waals surface area (Å²) in [5, 5.41) is 9.36. The van der Waals surface area contributed by atoms with Crippen molar-refractivity contribution >= 4 is 12.0 Å². The molecule has 0 spiro atoms. The van der Waals surface area contributed by atoms with E-state index in [0.29, 0.717) is 17.0 Å². The van der Waals surface area contributed by atoms with Crippen LogP contribution in [-0.2, 0) is 0 Å². The Hall–Kier alpha value is -3.00. The Kier molecular flexibility index (Phi) is 2.98. The van der Waals surface area contributed by atoms with E-state index in [1.165, 1.54) is 11.1 Å². The molecule has 20 heavy (non-hydrogen) atoms. The first-order valence-corrected chi connectivity index (χ1v) is 6.07. The molecule has 96 valence electrons. The highest BCUT2D eigenvalue weighted by molar-refractivity contribution is 5.96. The molecular formula is C15H10N4O. The van der Waals surface area contributed by atoms with Gasteiger partial charge in [0.15, 0.2) is 6.04 Å². The molecule has 2 heterocycles. The third-order valence-corrected chi connectivity index (χ3v) is 3.06. The zero-order chi connectivity index (χ0) is 13.9. The van der Waals surface area contributed by atoms with Crippen LogP contribution < -0.4 is 0 Å². The lowest BCUT2D eigenvalue weighted by molar-refractivity contribution is 0.0792. The van der Waals surface area contributed by atoms with E-state index in [2.05, 4.69) is 16.0 Å². The summed E-state index contributed by atoms with van der Waals surface area (Å²) in [6.45, 7) is 0. The Bertz CT molecular complexity index is 718. The van der Waals surface area contributed by atoms with Gasteiger partial charge in [0.2, 0.25) is 0 Å². The number of rotatable bonds is 1. The number of nitriles is 1. The summed E-state index contributed by atoms with van der Waals surface area (Å²) < 4.78 is 0. The number of hydrogen-bond donors (Lipinski definition) is 0. The fraction of sp³-hybridized carbons (Fsp3) is 0.0667. The quantitative estimate of drug-likeness (QED) is 0.789. The standard InChI is InChI=1S/C15H10N4O/c16-10-13-14-12(17-7-8-18-14)6-9-19(13)15(20)11-4-2-1-3-5-11/h1-9,13H. The van der Waals surface area contributed by atoms with Crippen LogP contribution in [0.2, 0.25) is 0 Å². The molecule has 5 heteroatoms. The maximum absolute atomic E-state index is 12.5.